The molecule has 3 heterocycles. The molecule has 0 amide bonds. The average Bonchev–Trinajstić information content (AvgIpc) is 3.07. The Labute approximate surface area is 132 Å². The van der Waals surface area contributed by atoms with E-state index in [0.29, 0.717) is 0 Å². The van der Waals surface area contributed by atoms with Gasteiger partial charge in [-0.1, -0.05) is 30.0 Å². The third-order valence-electron chi connectivity index (χ3n) is 3.94. The number of rotatable bonds is 3. The zero-order valence-corrected chi connectivity index (χ0v) is 13.3. The van der Waals surface area contributed by atoms with Crippen LogP contribution in [0.25, 0.3) is 16.7 Å². The van der Waals surface area contributed by atoms with Gasteiger partial charge in [0.1, 0.15) is 5.65 Å². The molecular weight excluding hydrogens is 292 g/mol. The number of benzene rings is 1. The first kappa shape index (κ1) is 13.4. The monoisotopic (exact) mass is 308 g/mol. The van der Waals surface area contributed by atoms with Gasteiger partial charge in [-0.2, -0.15) is 0 Å². The molecule has 4 rings (SSSR count). The van der Waals surface area contributed by atoms with Crippen LogP contribution in [0, 0.1) is 13.8 Å². The van der Waals surface area contributed by atoms with Crippen LogP contribution in [0.2, 0.25) is 0 Å². The quantitative estimate of drug-likeness (QED) is 0.579. The summed E-state index contributed by atoms with van der Waals surface area (Å²) < 4.78 is 2.16. The number of aromatic nitrogens is 4. The van der Waals surface area contributed by atoms with E-state index in [2.05, 4.69) is 57.6 Å². The summed E-state index contributed by atoms with van der Waals surface area (Å²) in [6.07, 6.45) is 2.07. The second-order valence-electron chi connectivity index (χ2n) is 5.36. The number of nitrogens with one attached hydrogen (secondary N) is 1. The van der Waals surface area contributed by atoms with Crippen LogP contribution in [0.1, 0.15) is 17.0 Å². The van der Waals surface area contributed by atoms with Crippen LogP contribution in [-0.4, -0.2) is 19.4 Å². The van der Waals surface area contributed by atoms with Gasteiger partial charge >= 0.3 is 0 Å². The number of aryl methyl sites for hydroxylation is 2. The van der Waals surface area contributed by atoms with Gasteiger partial charge in [0.05, 0.1) is 16.7 Å². The molecular formula is C17H16N4S. The summed E-state index contributed by atoms with van der Waals surface area (Å²) in [5.41, 5.74) is 6.64. The molecule has 1 N–H and O–H groups in total. The fourth-order valence-electron chi connectivity index (χ4n) is 2.61. The third kappa shape index (κ3) is 2.18. The summed E-state index contributed by atoms with van der Waals surface area (Å²) >= 11 is 1.71. The number of hydrogen-bond donors (Lipinski definition) is 1. The topological polar surface area (TPSA) is 46.0 Å². The van der Waals surface area contributed by atoms with Crippen LogP contribution in [0.4, 0.5) is 0 Å². The van der Waals surface area contributed by atoms with Gasteiger partial charge in [0.15, 0.2) is 5.16 Å². The first-order valence-electron chi connectivity index (χ1n) is 7.23. The van der Waals surface area contributed by atoms with Gasteiger partial charge in [-0.3, -0.25) is 0 Å². The number of aromatic amines is 1. The predicted octanol–water partition coefficient (Wildman–Crippen LogP) is 4.12. The fourth-order valence-corrected chi connectivity index (χ4v) is 3.47. The van der Waals surface area contributed by atoms with E-state index in [0.717, 1.165) is 33.3 Å². The van der Waals surface area contributed by atoms with Crippen LogP contribution >= 0.6 is 11.8 Å². The summed E-state index contributed by atoms with van der Waals surface area (Å²) in [6, 6.07) is 12.3. The molecule has 0 spiro atoms. The molecule has 1 aromatic carbocycles. The van der Waals surface area contributed by atoms with Crippen molar-refractivity contribution in [3.8, 4) is 0 Å². The second kappa shape index (κ2) is 5.18. The number of fused-ring (bicyclic) bond motifs is 2. The van der Waals surface area contributed by atoms with Crippen molar-refractivity contribution < 1.29 is 0 Å². The van der Waals surface area contributed by atoms with E-state index < -0.39 is 0 Å². The molecule has 0 unspecified atom stereocenters. The van der Waals surface area contributed by atoms with Crippen LogP contribution in [0.15, 0.2) is 47.8 Å². The van der Waals surface area contributed by atoms with Crippen molar-refractivity contribution in [2.24, 2.45) is 0 Å². The van der Waals surface area contributed by atoms with Crippen molar-refractivity contribution in [1.82, 2.24) is 19.4 Å². The highest BCUT2D eigenvalue weighted by atomic mass is 32.2. The van der Waals surface area contributed by atoms with Crippen molar-refractivity contribution >= 4 is 28.4 Å². The summed E-state index contributed by atoms with van der Waals surface area (Å²) in [5, 5.41) is 0.947. The maximum Gasteiger partial charge on any atom is 0.166 e. The lowest BCUT2D eigenvalue weighted by atomic mass is 10.3. The molecule has 110 valence electrons. The molecule has 0 fully saturated rings. The smallest absolute Gasteiger partial charge is 0.166 e. The second-order valence-corrected chi connectivity index (χ2v) is 6.32. The first-order valence-corrected chi connectivity index (χ1v) is 8.21. The minimum Gasteiger partial charge on any atom is -0.333 e. The molecule has 4 nitrogen and oxygen atoms in total. The van der Waals surface area contributed by atoms with E-state index in [1.165, 1.54) is 11.3 Å². The Kier molecular flexibility index (Phi) is 3.15. The minimum absolute atomic E-state index is 0.847. The van der Waals surface area contributed by atoms with Crippen molar-refractivity contribution in [2.45, 2.75) is 24.8 Å². The van der Waals surface area contributed by atoms with E-state index in [1.54, 1.807) is 11.8 Å². The van der Waals surface area contributed by atoms with Gasteiger partial charge in [-0.25, -0.2) is 9.97 Å². The largest absolute Gasteiger partial charge is 0.333 e. The summed E-state index contributed by atoms with van der Waals surface area (Å²) in [4.78, 5) is 12.7. The molecule has 0 aliphatic carbocycles. The number of H-pyrrole nitrogens is 1. The fraction of sp³-hybridized carbons (Fsp3) is 0.176. The molecule has 0 radical (unpaired) electrons. The number of thioether (sulfide) groups is 1. The van der Waals surface area contributed by atoms with Crippen LogP contribution in [0.3, 0.4) is 0 Å². The number of para-hydroxylation sites is 2. The van der Waals surface area contributed by atoms with Crippen molar-refractivity contribution in [3.05, 3.63) is 59.5 Å². The maximum atomic E-state index is 4.69. The van der Waals surface area contributed by atoms with Crippen molar-refractivity contribution in [3.63, 3.8) is 0 Å². The number of nitrogens with zero attached hydrogens (tertiary/aromatic N) is 3. The lowest BCUT2D eigenvalue weighted by Gasteiger charge is -2.03. The lowest BCUT2D eigenvalue weighted by Crippen LogP contribution is -1.92. The lowest BCUT2D eigenvalue weighted by molar-refractivity contribution is 1.07. The van der Waals surface area contributed by atoms with Crippen molar-refractivity contribution in [1.29, 1.82) is 0 Å². The Morgan fingerprint density at radius 3 is 2.82 bits per heavy atom. The van der Waals surface area contributed by atoms with Gasteiger partial charge in [-0.15, -0.1) is 0 Å². The number of pyridine rings is 1. The highest BCUT2D eigenvalue weighted by Crippen LogP contribution is 2.25. The number of imidazole rings is 2. The Morgan fingerprint density at radius 1 is 1.09 bits per heavy atom. The SMILES string of the molecule is Cc1nc2c(CSc3nc4ccccc4[nH]3)cccn2c1C. The molecule has 4 aromatic rings. The van der Waals surface area contributed by atoms with Crippen LogP contribution in [0.5, 0.6) is 0 Å². The molecule has 0 saturated carbocycles. The predicted molar refractivity (Wildman–Crippen MR) is 90.3 cm³/mol. The molecule has 0 aliphatic heterocycles. The Morgan fingerprint density at radius 2 is 1.95 bits per heavy atom. The van der Waals surface area contributed by atoms with Gasteiger partial charge < -0.3 is 9.38 Å². The highest BCUT2D eigenvalue weighted by Gasteiger charge is 2.10. The Hall–Kier alpha value is -2.27. The summed E-state index contributed by atoms with van der Waals surface area (Å²) in [5.74, 6) is 0.847. The van der Waals surface area contributed by atoms with E-state index in [9.17, 15) is 0 Å². The zero-order chi connectivity index (χ0) is 15.1. The summed E-state index contributed by atoms with van der Waals surface area (Å²) in [6.45, 7) is 4.16. The molecule has 0 saturated heterocycles. The zero-order valence-electron chi connectivity index (χ0n) is 12.5. The molecule has 3 aromatic heterocycles. The van der Waals surface area contributed by atoms with E-state index in [-0.39, 0.29) is 0 Å². The average molecular weight is 308 g/mol. The molecule has 0 aliphatic rings. The summed E-state index contributed by atoms with van der Waals surface area (Å²) in [7, 11) is 0. The standard InChI is InChI=1S/C17H16N4S/c1-11-12(2)21-9-5-6-13(16(21)18-11)10-22-17-19-14-7-3-4-8-15(14)20-17/h3-9H,10H2,1-2H3,(H,19,20). The normalized spacial score (nSPS) is 11.5. The van der Waals surface area contributed by atoms with E-state index in [4.69, 9.17) is 0 Å². The Balaban J connectivity index is 1.65. The molecule has 22 heavy (non-hydrogen) atoms. The van der Waals surface area contributed by atoms with E-state index >= 15 is 0 Å². The van der Waals surface area contributed by atoms with Gasteiger partial charge in [-0.05, 0) is 32.0 Å². The first-order chi connectivity index (χ1) is 10.7. The van der Waals surface area contributed by atoms with Gasteiger partial charge in [0.2, 0.25) is 0 Å². The van der Waals surface area contributed by atoms with Gasteiger partial charge in [0.25, 0.3) is 0 Å². The molecule has 0 bridgehead atoms. The Bertz CT molecular complexity index is 934. The van der Waals surface area contributed by atoms with E-state index in [1.807, 2.05) is 18.2 Å². The van der Waals surface area contributed by atoms with Crippen LogP contribution < -0.4 is 0 Å². The minimum atomic E-state index is 0.847. The molecule has 5 heteroatoms. The molecule has 0 atom stereocenters. The highest BCUT2D eigenvalue weighted by molar-refractivity contribution is 7.98. The van der Waals surface area contributed by atoms with Gasteiger partial charge in [0, 0.05) is 23.2 Å². The van der Waals surface area contributed by atoms with Crippen LogP contribution in [-0.2, 0) is 5.75 Å². The third-order valence-corrected chi connectivity index (χ3v) is 4.86. The number of hydrogen-bond acceptors (Lipinski definition) is 3. The maximum absolute atomic E-state index is 4.69. The van der Waals surface area contributed by atoms with Crippen molar-refractivity contribution in [2.75, 3.05) is 0 Å².